The summed E-state index contributed by atoms with van der Waals surface area (Å²) in [5.74, 6) is -0.163. The second-order valence-corrected chi connectivity index (χ2v) is 5.71. The van der Waals surface area contributed by atoms with Crippen LogP contribution in [0.15, 0.2) is 48.5 Å². The molecule has 2 aromatic carbocycles. The van der Waals surface area contributed by atoms with Crippen LogP contribution in [0, 0.1) is 10.1 Å². The number of nitrogens with zero attached hydrogens (tertiary/aromatic N) is 2. The number of ether oxygens (including phenoxy) is 1. The number of anilines is 1. The lowest BCUT2D eigenvalue weighted by atomic mass is 10.1. The number of rotatable bonds is 4. The lowest BCUT2D eigenvalue weighted by Crippen LogP contribution is -2.31. The van der Waals surface area contributed by atoms with Crippen LogP contribution in [0.4, 0.5) is 11.4 Å². The molecule has 3 rings (SSSR count). The molecular weight excluding hydrogens is 308 g/mol. The van der Waals surface area contributed by atoms with Crippen LogP contribution < -0.4 is 9.64 Å². The average Bonchev–Trinajstić information content (AvgIpc) is 2.62. The van der Waals surface area contributed by atoms with E-state index in [1.165, 1.54) is 12.1 Å². The lowest BCUT2D eigenvalue weighted by Gasteiger charge is -2.30. The van der Waals surface area contributed by atoms with Crippen molar-refractivity contribution in [2.75, 3.05) is 18.0 Å². The van der Waals surface area contributed by atoms with Crippen molar-refractivity contribution in [3.63, 3.8) is 0 Å². The monoisotopic (exact) mass is 326 g/mol. The highest BCUT2D eigenvalue weighted by molar-refractivity contribution is 5.98. The molecule has 0 unspecified atom stereocenters. The van der Waals surface area contributed by atoms with Gasteiger partial charge in [0.15, 0.2) is 0 Å². The largest absolute Gasteiger partial charge is 0.423 e. The summed E-state index contributed by atoms with van der Waals surface area (Å²) in [6.45, 7) is 1.67. The first-order valence-corrected chi connectivity index (χ1v) is 7.96. The van der Waals surface area contributed by atoms with Crippen LogP contribution in [-0.2, 0) is 0 Å². The predicted octanol–water partition coefficient (Wildman–Crippen LogP) is 3.80. The van der Waals surface area contributed by atoms with Gasteiger partial charge in [-0.15, -0.1) is 0 Å². The zero-order valence-corrected chi connectivity index (χ0v) is 13.2. The molecular formula is C18H18N2O4. The molecule has 0 atom stereocenters. The molecule has 2 aromatic rings. The molecule has 24 heavy (non-hydrogen) atoms. The van der Waals surface area contributed by atoms with Gasteiger partial charge in [0, 0.05) is 25.2 Å². The Hall–Kier alpha value is -2.89. The molecule has 1 aliphatic heterocycles. The smallest absolute Gasteiger partial charge is 0.345 e. The van der Waals surface area contributed by atoms with Crippen molar-refractivity contribution in [3.8, 4) is 5.75 Å². The first-order valence-electron chi connectivity index (χ1n) is 7.96. The van der Waals surface area contributed by atoms with Gasteiger partial charge < -0.3 is 9.64 Å². The maximum atomic E-state index is 12.6. The predicted molar refractivity (Wildman–Crippen MR) is 90.6 cm³/mol. The number of hydrogen-bond acceptors (Lipinski definition) is 5. The van der Waals surface area contributed by atoms with Crippen LogP contribution in [0.3, 0.4) is 0 Å². The fourth-order valence-corrected chi connectivity index (χ4v) is 2.86. The van der Waals surface area contributed by atoms with E-state index in [-0.39, 0.29) is 11.3 Å². The SMILES string of the molecule is O=C(Oc1ccccc1)c1cc([N+](=O)[O-])ccc1N1CCCCC1. The number of para-hydroxylation sites is 1. The Kier molecular flexibility index (Phi) is 4.74. The molecule has 0 N–H and O–H groups in total. The first kappa shape index (κ1) is 16.0. The van der Waals surface area contributed by atoms with Crippen molar-refractivity contribution >= 4 is 17.3 Å². The Bertz CT molecular complexity index is 740. The van der Waals surface area contributed by atoms with E-state index >= 15 is 0 Å². The Labute approximate surface area is 139 Å². The Balaban J connectivity index is 1.94. The van der Waals surface area contributed by atoms with Gasteiger partial charge in [0.25, 0.3) is 5.69 Å². The number of piperidine rings is 1. The summed E-state index contributed by atoms with van der Waals surface area (Å²) in [5.41, 5.74) is 0.812. The van der Waals surface area contributed by atoms with Gasteiger partial charge in [-0.1, -0.05) is 18.2 Å². The minimum atomic E-state index is -0.578. The number of hydrogen-bond donors (Lipinski definition) is 0. The highest BCUT2D eigenvalue weighted by Gasteiger charge is 2.23. The van der Waals surface area contributed by atoms with Crippen LogP contribution >= 0.6 is 0 Å². The van der Waals surface area contributed by atoms with Crippen molar-refractivity contribution in [2.45, 2.75) is 19.3 Å². The number of esters is 1. The maximum absolute atomic E-state index is 12.6. The summed E-state index contributed by atoms with van der Waals surface area (Å²) in [6, 6.07) is 13.1. The number of carbonyl (C=O) groups excluding carboxylic acids is 1. The molecule has 0 bridgehead atoms. The van der Waals surface area contributed by atoms with Gasteiger partial charge >= 0.3 is 5.97 Å². The molecule has 0 saturated carbocycles. The van der Waals surface area contributed by atoms with Crippen LogP contribution in [0.1, 0.15) is 29.6 Å². The molecule has 1 saturated heterocycles. The zero-order chi connectivity index (χ0) is 16.9. The molecule has 6 heteroatoms. The van der Waals surface area contributed by atoms with Crippen LogP contribution in [0.25, 0.3) is 0 Å². The summed E-state index contributed by atoms with van der Waals surface area (Å²) < 4.78 is 5.38. The van der Waals surface area contributed by atoms with Gasteiger partial charge in [-0.25, -0.2) is 4.79 Å². The summed E-state index contributed by atoms with van der Waals surface area (Å²) in [4.78, 5) is 25.2. The van der Waals surface area contributed by atoms with Crippen molar-refractivity contribution in [1.82, 2.24) is 0 Å². The topological polar surface area (TPSA) is 72.7 Å². The number of carbonyl (C=O) groups is 1. The molecule has 1 aliphatic rings. The summed E-state index contributed by atoms with van der Waals surface area (Å²) >= 11 is 0. The van der Waals surface area contributed by atoms with Crippen molar-refractivity contribution in [1.29, 1.82) is 0 Å². The zero-order valence-electron chi connectivity index (χ0n) is 13.2. The van der Waals surface area contributed by atoms with Gasteiger partial charge in [0.2, 0.25) is 0 Å². The van der Waals surface area contributed by atoms with Gasteiger partial charge in [-0.3, -0.25) is 10.1 Å². The van der Waals surface area contributed by atoms with Gasteiger partial charge in [-0.2, -0.15) is 0 Å². The van der Waals surface area contributed by atoms with Gasteiger partial charge in [0.05, 0.1) is 16.2 Å². The third-order valence-corrected chi connectivity index (χ3v) is 4.06. The molecule has 0 aliphatic carbocycles. The lowest BCUT2D eigenvalue weighted by molar-refractivity contribution is -0.384. The summed E-state index contributed by atoms with van der Waals surface area (Å²) in [5, 5.41) is 11.1. The molecule has 6 nitrogen and oxygen atoms in total. The minimum Gasteiger partial charge on any atom is -0.423 e. The molecule has 0 aromatic heterocycles. The molecule has 0 radical (unpaired) electrons. The van der Waals surface area contributed by atoms with Crippen LogP contribution in [0.5, 0.6) is 5.75 Å². The number of nitro benzene ring substituents is 1. The Morgan fingerprint density at radius 3 is 2.42 bits per heavy atom. The standard InChI is InChI=1S/C18H18N2O4/c21-18(24-15-7-3-1-4-8-15)16-13-14(20(22)23)9-10-17(16)19-11-5-2-6-12-19/h1,3-4,7-10,13H,2,5-6,11-12H2. The molecule has 0 amide bonds. The van der Waals surface area contributed by atoms with E-state index in [0.717, 1.165) is 32.4 Å². The Morgan fingerprint density at radius 1 is 1.04 bits per heavy atom. The van der Waals surface area contributed by atoms with Crippen molar-refractivity contribution in [3.05, 3.63) is 64.2 Å². The number of non-ortho nitro benzene ring substituents is 1. The highest BCUT2D eigenvalue weighted by Crippen LogP contribution is 2.29. The van der Waals surface area contributed by atoms with Crippen molar-refractivity contribution in [2.24, 2.45) is 0 Å². The van der Waals surface area contributed by atoms with Gasteiger partial charge in [0.1, 0.15) is 5.75 Å². The normalized spacial score (nSPS) is 14.2. The van der Waals surface area contributed by atoms with E-state index in [1.54, 1.807) is 30.3 Å². The highest BCUT2D eigenvalue weighted by atomic mass is 16.6. The van der Waals surface area contributed by atoms with E-state index in [9.17, 15) is 14.9 Å². The molecule has 1 heterocycles. The Morgan fingerprint density at radius 2 is 1.75 bits per heavy atom. The van der Waals surface area contributed by atoms with E-state index in [4.69, 9.17) is 4.74 Å². The molecule has 1 fully saturated rings. The van der Waals surface area contributed by atoms with Crippen LogP contribution in [-0.4, -0.2) is 24.0 Å². The number of nitro groups is 1. The third-order valence-electron chi connectivity index (χ3n) is 4.06. The maximum Gasteiger partial charge on any atom is 0.345 e. The third kappa shape index (κ3) is 3.53. The van der Waals surface area contributed by atoms with E-state index in [1.807, 2.05) is 6.07 Å². The minimum absolute atomic E-state index is 0.115. The average molecular weight is 326 g/mol. The number of benzene rings is 2. The molecule has 0 spiro atoms. The van der Waals surface area contributed by atoms with E-state index in [0.29, 0.717) is 11.4 Å². The fraction of sp³-hybridized carbons (Fsp3) is 0.278. The first-order chi connectivity index (χ1) is 11.6. The fourth-order valence-electron chi connectivity index (χ4n) is 2.86. The molecule has 124 valence electrons. The summed E-state index contributed by atoms with van der Waals surface area (Å²) in [6.07, 6.45) is 3.25. The van der Waals surface area contributed by atoms with E-state index < -0.39 is 10.9 Å². The van der Waals surface area contributed by atoms with Gasteiger partial charge in [-0.05, 0) is 37.5 Å². The summed E-state index contributed by atoms with van der Waals surface area (Å²) in [7, 11) is 0. The van der Waals surface area contributed by atoms with Crippen LogP contribution in [0.2, 0.25) is 0 Å². The van der Waals surface area contributed by atoms with E-state index in [2.05, 4.69) is 4.90 Å². The van der Waals surface area contributed by atoms with Crippen molar-refractivity contribution < 1.29 is 14.5 Å². The second kappa shape index (κ2) is 7.12. The quantitative estimate of drug-likeness (QED) is 0.370. The second-order valence-electron chi connectivity index (χ2n) is 5.71.